The molecule has 0 aromatic carbocycles. The predicted octanol–water partition coefficient (Wildman–Crippen LogP) is 2.33. The minimum absolute atomic E-state index is 0.0437. The zero-order valence-corrected chi connectivity index (χ0v) is 7.39. The standard InChI is InChI=1S/C8H13N3O2/c9-11-10-7(8(12)13)6-4-2-1-3-5-6/h6-7H,1-5H2,(H,12,13). The van der Waals surface area contributed by atoms with Crippen LogP contribution in [-0.4, -0.2) is 17.1 Å². The fraction of sp³-hybridized carbons (Fsp3) is 0.875. The van der Waals surface area contributed by atoms with E-state index in [2.05, 4.69) is 10.0 Å². The number of nitrogens with zero attached hydrogens (tertiary/aromatic N) is 3. The molecule has 0 saturated heterocycles. The molecule has 0 bridgehead atoms. The van der Waals surface area contributed by atoms with E-state index in [0.29, 0.717) is 0 Å². The summed E-state index contributed by atoms with van der Waals surface area (Å²) in [6.45, 7) is 0. The lowest BCUT2D eigenvalue weighted by Gasteiger charge is -2.24. The number of hydrogen-bond acceptors (Lipinski definition) is 2. The maximum Gasteiger partial charge on any atom is 0.312 e. The van der Waals surface area contributed by atoms with Crippen LogP contribution >= 0.6 is 0 Å². The molecule has 1 N–H and O–H groups in total. The smallest absolute Gasteiger partial charge is 0.312 e. The maximum atomic E-state index is 10.7. The SMILES string of the molecule is [N-]=[N+]=NC(C(=O)O)C1CCCCC1. The minimum Gasteiger partial charge on any atom is -0.481 e. The van der Waals surface area contributed by atoms with Crippen LogP contribution in [0.3, 0.4) is 0 Å². The fourth-order valence-electron chi connectivity index (χ4n) is 1.85. The highest BCUT2D eigenvalue weighted by molar-refractivity contribution is 5.74. The van der Waals surface area contributed by atoms with E-state index in [1.54, 1.807) is 0 Å². The molecule has 1 fully saturated rings. The Morgan fingerprint density at radius 1 is 1.46 bits per heavy atom. The number of carboxylic acids is 1. The van der Waals surface area contributed by atoms with Crippen LogP contribution in [0, 0.1) is 5.92 Å². The second kappa shape index (κ2) is 4.72. The van der Waals surface area contributed by atoms with E-state index in [0.717, 1.165) is 25.7 Å². The third kappa shape index (κ3) is 2.63. The number of azide groups is 1. The van der Waals surface area contributed by atoms with E-state index in [1.165, 1.54) is 6.42 Å². The maximum absolute atomic E-state index is 10.7. The molecular weight excluding hydrogens is 170 g/mol. The lowest BCUT2D eigenvalue weighted by Crippen LogP contribution is -2.28. The Labute approximate surface area is 76.4 Å². The van der Waals surface area contributed by atoms with Crippen LogP contribution in [0.15, 0.2) is 5.11 Å². The summed E-state index contributed by atoms with van der Waals surface area (Å²) in [4.78, 5) is 13.3. The van der Waals surface area contributed by atoms with E-state index >= 15 is 0 Å². The summed E-state index contributed by atoms with van der Waals surface area (Å²) in [5, 5.41) is 12.1. The van der Waals surface area contributed by atoms with Gasteiger partial charge < -0.3 is 5.11 Å². The van der Waals surface area contributed by atoms with Crippen molar-refractivity contribution in [3.63, 3.8) is 0 Å². The Balaban J connectivity index is 2.62. The van der Waals surface area contributed by atoms with Crippen LogP contribution in [0.25, 0.3) is 10.4 Å². The van der Waals surface area contributed by atoms with Gasteiger partial charge in [-0.3, -0.25) is 4.79 Å². The van der Waals surface area contributed by atoms with E-state index in [9.17, 15) is 4.79 Å². The summed E-state index contributed by atoms with van der Waals surface area (Å²) in [5.74, 6) is -0.952. The fourth-order valence-corrected chi connectivity index (χ4v) is 1.85. The summed E-state index contributed by atoms with van der Waals surface area (Å²) in [6, 6.07) is -0.856. The molecular formula is C8H13N3O2. The van der Waals surface area contributed by atoms with Gasteiger partial charge in [0.05, 0.1) is 0 Å². The van der Waals surface area contributed by atoms with Gasteiger partial charge in [-0.05, 0) is 24.3 Å². The van der Waals surface area contributed by atoms with Crippen molar-refractivity contribution >= 4 is 5.97 Å². The van der Waals surface area contributed by atoms with Gasteiger partial charge in [0.15, 0.2) is 0 Å². The number of carbonyl (C=O) groups is 1. The normalized spacial score (nSPS) is 20.3. The van der Waals surface area contributed by atoms with Crippen LogP contribution in [0.4, 0.5) is 0 Å². The topological polar surface area (TPSA) is 86.1 Å². The van der Waals surface area contributed by atoms with Crippen molar-refractivity contribution in [3.8, 4) is 0 Å². The molecule has 0 heterocycles. The molecule has 72 valence electrons. The zero-order valence-electron chi connectivity index (χ0n) is 7.39. The molecule has 0 aromatic heterocycles. The van der Waals surface area contributed by atoms with Crippen molar-refractivity contribution < 1.29 is 9.90 Å². The summed E-state index contributed by atoms with van der Waals surface area (Å²) in [5.41, 5.74) is 8.21. The third-order valence-electron chi connectivity index (χ3n) is 2.53. The van der Waals surface area contributed by atoms with Crippen LogP contribution < -0.4 is 0 Å². The van der Waals surface area contributed by atoms with Gasteiger partial charge in [0, 0.05) is 4.91 Å². The molecule has 1 aliphatic rings. The molecule has 0 amide bonds. The molecule has 1 aliphatic carbocycles. The van der Waals surface area contributed by atoms with Crippen molar-refractivity contribution in [2.75, 3.05) is 0 Å². The second-order valence-corrected chi connectivity index (χ2v) is 3.39. The Kier molecular flexibility index (Phi) is 3.58. The Bertz CT molecular complexity index is 228. The largest absolute Gasteiger partial charge is 0.481 e. The molecule has 1 saturated carbocycles. The molecule has 0 spiro atoms. The van der Waals surface area contributed by atoms with Gasteiger partial charge in [0.2, 0.25) is 0 Å². The van der Waals surface area contributed by atoms with E-state index in [4.69, 9.17) is 10.6 Å². The van der Waals surface area contributed by atoms with Crippen molar-refractivity contribution in [3.05, 3.63) is 10.4 Å². The summed E-state index contributed by atoms with van der Waals surface area (Å²) in [7, 11) is 0. The number of carboxylic acid groups (broad SMARTS) is 1. The zero-order chi connectivity index (χ0) is 9.68. The molecule has 1 unspecified atom stereocenters. The average Bonchev–Trinajstić information content (AvgIpc) is 2.15. The van der Waals surface area contributed by atoms with Gasteiger partial charge in [0.1, 0.15) is 6.04 Å². The summed E-state index contributed by atoms with van der Waals surface area (Å²) < 4.78 is 0. The Morgan fingerprint density at radius 3 is 2.54 bits per heavy atom. The van der Waals surface area contributed by atoms with Crippen LogP contribution in [0.2, 0.25) is 0 Å². The molecule has 13 heavy (non-hydrogen) atoms. The van der Waals surface area contributed by atoms with Crippen molar-refractivity contribution in [1.29, 1.82) is 0 Å². The first-order valence-corrected chi connectivity index (χ1v) is 4.52. The minimum atomic E-state index is -0.996. The Hall–Kier alpha value is -1.22. The van der Waals surface area contributed by atoms with Gasteiger partial charge in [-0.25, -0.2) is 0 Å². The monoisotopic (exact) mass is 183 g/mol. The molecule has 1 atom stereocenters. The molecule has 0 radical (unpaired) electrons. The van der Waals surface area contributed by atoms with Crippen molar-refractivity contribution in [1.82, 2.24) is 0 Å². The highest BCUT2D eigenvalue weighted by Crippen LogP contribution is 2.28. The number of hydrogen-bond donors (Lipinski definition) is 1. The molecule has 0 aromatic rings. The van der Waals surface area contributed by atoms with Gasteiger partial charge >= 0.3 is 5.97 Å². The Morgan fingerprint density at radius 2 is 2.08 bits per heavy atom. The van der Waals surface area contributed by atoms with Gasteiger partial charge in [-0.2, -0.15) is 0 Å². The first kappa shape index (κ1) is 9.86. The third-order valence-corrected chi connectivity index (χ3v) is 2.53. The van der Waals surface area contributed by atoms with Gasteiger partial charge in [-0.15, -0.1) is 0 Å². The van der Waals surface area contributed by atoms with Crippen molar-refractivity contribution in [2.24, 2.45) is 11.0 Å². The first-order valence-electron chi connectivity index (χ1n) is 4.52. The van der Waals surface area contributed by atoms with Gasteiger partial charge in [-0.1, -0.05) is 24.4 Å². The van der Waals surface area contributed by atoms with Crippen LogP contribution in [0.1, 0.15) is 32.1 Å². The number of rotatable bonds is 3. The molecule has 5 heteroatoms. The van der Waals surface area contributed by atoms with Crippen LogP contribution in [-0.2, 0) is 4.79 Å². The quantitative estimate of drug-likeness (QED) is 0.413. The summed E-state index contributed by atoms with van der Waals surface area (Å²) >= 11 is 0. The van der Waals surface area contributed by atoms with E-state index in [1.807, 2.05) is 0 Å². The average molecular weight is 183 g/mol. The van der Waals surface area contributed by atoms with Crippen LogP contribution in [0.5, 0.6) is 0 Å². The highest BCUT2D eigenvalue weighted by Gasteiger charge is 2.27. The highest BCUT2D eigenvalue weighted by atomic mass is 16.4. The predicted molar refractivity (Wildman–Crippen MR) is 47.1 cm³/mol. The van der Waals surface area contributed by atoms with E-state index < -0.39 is 12.0 Å². The second-order valence-electron chi connectivity index (χ2n) is 3.39. The first-order chi connectivity index (χ1) is 6.25. The lowest BCUT2D eigenvalue weighted by atomic mass is 9.84. The molecule has 5 nitrogen and oxygen atoms in total. The number of aliphatic carboxylic acids is 1. The molecule has 1 rings (SSSR count). The molecule has 0 aliphatic heterocycles. The summed E-state index contributed by atoms with van der Waals surface area (Å²) in [6.07, 6.45) is 5.01. The van der Waals surface area contributed by atoms with E-state index in [-0.39, 0.29) is 5.92 Å². The van der Waals surface area contributed by atoms with Gasteiger partial charge in [0.25, 0.3) is 0 Å². The van der Waals surface area contributed by atoms with Crippen molar-refractivity contribution in [2.45, 2.75) is 38.1 Å². The lowest BCUT2D eigenvalue weighted by molar-refractivity contribution is -0.140.